The van der Waals surface area contributed by atoms with Gasteiger partial charge in [-0.1, -0.05) is 53.7 Å². The summed E-state index contributed by atoms with van der Waals surface area (Å²) in [5, 5.41) is 10.4. The number of hydrogen-bond acceptors (Lipinski definition) is 5. The third-order valence-corrected chi connectivity index (χ3v) is 6.09. The van der Waals surface area contributed by atoms with Gasteiger partial charge in [0.25, 0.3) is 0 Å². The number of aromatic nitrogens is 3. The molecule has 1 heterocycles. The van der Waals surface area contributed by atoms with Crippen LogP contribution in [0.3, 0.4) is 0 Å². The summed E-state index contributed by atoms with van der Waals surface area (Å²) in [5.41, 5.74) is 4.70. The first-order valence-electron chi connectivity index (χ1n) is 9.64. The predicted molar refractivity (Wildman–Crippen MR) is 124 cm³/mol. The van der Waals surface area contributed by atoms with Crippen LogP contribution in [0.1, 0.15) is 21.5 Å². The summed E-state index contributed by atoms with van der Waals surface area (Å²) in [7, 11) is 1.38. The molecule has 0 saturated heterocycles. The molecule has 0 spiro atoms. The van der Waals surface area contributed by atoms with Crippen LogP contribution in [0.15, 0.2) is 78.0 Å². The van der Waals surface area contributed by atoms with Gasteiger partial charge in [-0.3, -0.25) is 4.57 Å². The van der Waals surface area contributed by atoms with Gasteiger partial charge in [0.15, 0.2) is 11.0 Å². The Bertz CT molecular complexity index is 1200. The smallest absolute Gasteiger partial charge is 0.337 e. The number of carbonyl (C=O) groups excluding carboxylic acids is 1. The van der Waals surface area contributed by atoms with Gasteiger partial charge >= 0.3 is 5.97 Å². The molecule has 0 saturated carbocycles. The molecule has 0 atom stereocenters. The minimum atomic E-state index is -0.342. The molecule has 4 aromatic rings. The van der Waals surface area contributed by atoms with Gasteiger partial charge in [-0.2, -0.15) is 0 Å². The molecule has 0 aliphatic heterocycles. The highest BCUT2D eigenvalue weighted by atomic mass is 35.5. The zero-order chi connectivity index (χ0) is 21.8. The summed E-state index contributed by atoms with van der Waals surface area (Å²) in [4.78, 5) is 11.6. The first-order chi connectivity index (χ1) is 15.1. The van der Waals surface area contributed by atoms with E-state index >= 15 is 0 Å². The fraction of sp³-hybridized carbons (Fsp3) is 0.125. The van der Waals surface area contributed by atoms with Gasteiger partial charge in [-0.05, 0) is 60.5 Å². The van der Waals surface area contributed by atoms with E-state index in [9.17, 15) is 4.79 Å². The molecule has 1 aromatic heterocycles. The van der Waals surface area contributed by atoms with E-state index < -0.39 is 0 Å². The Balaban J connectivity index is 1.67. The van der Waals surface area contributed by atoms with Gasteiger partial charge in [0.1, 0.15) is 0 Å². The number of rotatable bonds is 6. The number of para-hydroxylation sites is 1. The average Bonchev–Trinajstić information content (AvgIpc) is 3.22. The van der Waals surface area contributed by atoms with Crippen molar-refractivity contribution in [1.82, 2.24) is 14.8 Å². The molecule has 31 heavy (non-hydrogen) atoms. The Morgan fingerprint density at radius 1 is 1.00 bits per heavy atom. The second-order valence-electron chi connectivity index (χ2n) is 6.91. The van der Waals surface area contributed by atoms with Crippen molar-refractivity contribution in [3.8, 4) is 17.1 Å². The molecule has 0 radical (unpaired) electrons. The zero-order valence-electron chi connectivity index (χ0n) is 17.1. The van der Waals surface area contributed by atoms with Gasteiger partial charge in [-0.15, -0.1) is 10.2 Å². The van der Waals surface area contributed by atoms with Crippen LogP contribution in [0.25, 0.3) is 17.1 Å². The Morgan fingerprint density at radius 2 is 1.71 bits per heavy atom. The van der Waals surface area contributed by atoms with E-state index in [-0.39, 0.29) is 5.97 Å². The van der Waals surface area contributed by atoms with E-state index in [2.05, 4.69) is 33.8 Å². The summed E-state index contributed by atoms with van der Waals surface area (Å²) in [6.07, 6.45) is 0. The van der Waals surface area contributed by atoms with Crippen LogP contribution in [-0.4, -0.2) is 27.8 Å². The minimum Gasteiger partial charge on any atom is -0.465 e. The average molecular weight is 450 g/mol. The summed E-state index contributed by atoms with van der Waals surface area (Å²) in [5.74, 6) is 1.10. The molecule has 0 aliphatic carbocycles. The molecule has 0 N–H and O–H groups in total. The lowest BCUT2D eigenvalue weighted by atomic mass is 10.1. The highest BCUT2D eigenvalue weighted by molar-refractivity contribution is 7.98. The van der Waals surface area contributed by atoms with Crippen molar-refractivity contribution >= 4 is 29.3 Å². The minimum absolute atomic E-state index is 0.342. The molecule has 156 valence electrons. The number of carbonyl (C=O) groups is 1. The van der Waals surface area contributed by atoms with E-state index in [0.29, 0.717) is 16.3 Å². The second-order valence-corrected chi connectivity index (χ2v) is 8.29. The number of halogens is 1. The van der Waals surface area contributed by atoms with Gasteiger partial charge in [0.05, 0.1) is 18.4 Å². The molecule has 3 aromatic carbocycles. The number of aryl methyl sites for hydroxylation is 1. The number of nitrogens with zero attached hydrogens (tertiary/aromatic N) is 3. The topological polar surface area (TPSA) is 57.0 Å². The molecule has 0 amide bonds. The van der Waals surface area contributed by atoms with Crippen LogP contribution in [0.2, 0.25) is 5.02 Å². The van der Waals surface area contributed by atoms with E-state index in [4.69, 9.17) is 16.3 Å². The number of benzene rings is 3. The molecule has 0 unspecified atom stereocenters. The van der Waals surface area contributed by atoms with E-state index in [1.165, 1.54) is 7.11 Å². The maximum Gasteiger partial charge on any atom is 0.337 e. The van der Waals surface area contributed by atoms with Crippen LogP contribution in [0.5, 0.6) is 0 Å². The van der Waals surface area contributed by atoms with E-state index in [0.717, 1.165) is 33.4 Å². The number of ether oxygens (including phenoxy) is 1. The molecule has 0 fully saturated rings. The largest absolute Gasteiger partial charge is 0.465 e. The molecule has 0 aliphatic rings. The Kier molecular flexibility index (Phi) is 6.39. The molecule has 7 heteroatoms. The number of esters is 1. The van der Waals surface area contributed by atoms with Crippen molar-refractivity contribution in [2.75, 3.05) is 7.11 Å². The van der Waals surface area contributed by atoms with Crippen molar-refractivity contribution in [3.63, 3.8) is 0 Å². The van der Waals surface area contributed by atoms with Crippen LogP contribution in [0.4, 0.5) is 0 Å². The van der Waals surface area contributed by atoms with Crippen molar-refractivity contribution in [3.05, 3.63) is 94.5 Å². The van der Waals surface area contributed by atoms with Crippen molar-refractivity contribution < 1.29 is 9.53 Å². The lowest BCUT2D eigenvalue weighted by molar-refractivity contribution is 0.0600. The first kappa shape index (κ1) is 21.2. The second kappa shape index (κ2) is 9.37. The maximum absolute atomic E-state index is 11.6. The van der Waals surface area contributed by atoms with Crippen LogP contribution in [-0.2, 0) is 10.5 Å². The third kappa shape index (κ3) is 4.65. The number of thioether (sulfide) groups is 1. The number of hydrogen-bond donors (Lipinski definition) is 0. The number of methoxy groups -OCH3 is 1. The molecule has 0 bridgehead atoms. The molecule has 5 nitrogen and oxygen atoms in total. The lowest BCUT2D eigenvalue weighted by Crippen LogP contribution is -2.02. The van der Waals surface area contributed by atoms with Crippen LogP contribution in [0, 0.1) is 6.92 Å². The van der Waals surface area contributed by atoms with Gasteiger partial charge in [0, 0.05) is 16.3 Å². The monoisotopic (exact) mass is 449 g/mol. The summed E-state index contributed by atoms with van der Waals surface area (Å²) >= 11 is 7.66. The maximum atomic E-state index is 11.6. The van der Waals surface area contributed by atoms with Crippen LogP contribution < -0.4 is 0 Å². The van der Waals surface area contributed by atoms with E-state index in [1.807, 2.05) is 48.5 Å². The fourth-order valence-electron chi connectivity index (χ4n) is 3.18. The molecule has 4 rings (SSSR count). The Hall–Kier alpha value is -3.09. The van der Waals surface area contributed by atoms with Gasteiger partial charge in [-0.25, -0.2) is 4.79 Å². The summed E-state index contributed by atoms with van der Waals surface area (Å²) in [6, 6.07) is 23.1. The van der Waals surface area contributed by atoms with E-state index in [1.54, 1.807) is 23.9 Å². The quantitative estimate of drug-likeness (QED) is 0.268. The zero-order valence-corrected chi connectivity index (χ0v) is 18.7. The van der Waals surface area contributed by atoms with Crippen LogP contribution >= 0.6 is 23.4 Å². The SMILES string of the molecule is COC(=O)c1ccc(CSc2nnc(-c3ccc(Cl)cc3)n2-c2ccccc2C)cc1. The van der Waals surface area contributed by atoms with Crippen molar-refractivity contribution in [2.45, 2.75) is 17.8 Å². The normalized spacial score (nSPS) is 10.8. The van der Waals surface area contributed by atoms with Gasteiger partial charge in [0.2, 0.25) is 0 Å². The standard InChI is InChI=1S/C24H20ClN3O2S/c1-16-5-3-4-6-21(16)28-22(18-11-13-20(25)14-12-18)26-27-24(28)31-15-17-7-9-19(10-8-17)23(29)30-2/h3-14H,15H2,1-2H3. The molecular formula is C24H20ClN3O2S. The van der Waals surface area contributed by atoms with Gasteiger partial charge < -0.3 is 4.74 Å². The Morgan fingerprint density at radius 3 is 2.39 bits per heavy atom. The van der Waals surface area contributed by atoms with Crippen molar-refractivity contribution in [1.29, 1.82) is 0 Å². The summed E-state index contributed by atoms with van der Waals surface area (Å²) < 4.78 is 6.83. The predicted octanol–water partition coefficient (Wildman–Crippen LogP) is 5.98. The molecular weight excluding hydrogens is 430 g/mol. The summed E-state index contributed by atoms with van der Waals surface area (Å²) in [6.45, 7) is 2.07. The van der Waals surface area contributed by atoms with Crippen molar-refractivity contribution in [2.24, 2.45) is 0 Å². The fourth-order valence-corrected chi connectivity index (χ4v) is 4.21. The highest BCUT2D eigenvalue weighted by Gasteiger charge is 2.17. The third-order valence-electron chi connectivity index (χ3n) is 4.84. The first-order valence-corrected chi connectivity index (χ1v) is 11.0. The highest BCUT2D eigenvalue weighted by Crippen LogP contribution is 2.31. The Labute approximate surface area is 190 Å². The lowest BCUT2D eigenvalue weighted by Gasteiger charge is -2.13.